The van der Waals surface area contributed by atoms with Gasteiger partial charge in [-0.1, -0.05) is 18.5 Å². The number of hydrogen-bond donors (Lipinski definition) is 1. The topological polar surface area (TPSA) is 93.4 Å². The van der Waals surface area contributed by atoms with Crippen LogP contribution < -0.4 is 0 Å². The SMILES string of the molecule is CCCc1cc(-c2nc(-c3ccc(C)nn3)no2)n[nH]1. The lowest BCUT2D eigenvalue weighted by Gasteiger charge is -1.91. The van der Waals surface area contributed by atoms with E-state index in [9.17, 15) is 0 Å². The minimum absolute atomic E-state index is 0.376. The molecule has 0 amide bonds. The van der Waals surface area contributed by atoms with Gasteiger partial charge in [-0.2, -0.15) is 15.2 Å². The zero-order valence-corrected chi connectivity index (χ0v) is 11.3. The molecule has 0 unspecified atom stereocenters. The highest BCUT2D eigenvalue weighted by molar-refractivity contribution is 5.53. The van der Waals surface area contributed by atoms with Crippen LogP contribution in [0.1, 0.15) is 24.7 Å². The molecule has 3 aromatic rings. The van der Waals surface area contributed by atoms with Crippen molar-refractivity contribution in [1.82, 2.24) is 30.5 Å². The van der Waals surface area contributed by atoms with Crippen LogP contribution in [0, 0.1) is 6.92 Å². The number of aryl methyl sites for hydroxylation is 2. The van der Waals surface area contributed by atoms with E-state index in [1.54, 1.807) is 0 Å². The van der Waals surface area contributed by atoms with Crippen molar-refractivity contribution in [2.45, 2.75) is 26.7 Å². The molecule has 0 aliphatic heterocycles. The summed E-state index contributed by atoms with van der Waals surface area (Å²) in [6, 6.07) is 5.58. The van der Waals surface area contributed by atoms with Crippen molar-refractivity contribution in [3.8, 4) is 23.1 Å². The Labute approximate surface area is 115 Å². The van der Waals surface area contributed by atoms with Gasteiger partial charge in [0, 0.05) is 5.69 Å². The van der Waals surface area contributed by atoms with E-state index in [4.69, 9.17) is 4.52 Å². The molecule has 0 spiro atoms. The second kappa shape index (κ2) is 5.20. The van der Waals surface area contributed by atoms with Crippen LogP contribution in [0.25, 0.3) is 23.1 Å². The van der Waals surface area contributed by atoms with Gasteiger partial charge in [0.25, 0.3) is 5.89 Å². The molecule has 0 radical (unpaired) electrons. The molecule has 102 valence electrons. The van der Waals surface area contributed by atoms with Crippen LogP contribution >= 0.6 is 0 Å². The van der Waals surface area contributed by atoms with Crippen LogP contribution in [0.4, 0.5) is 0 Å². The average molecular weight is 270 g/mol. The Morgan fingerprint density at radius 3 is 2.85 bits per heavy atom. The molecule has 7 heteroatoms. The number of rotatable bonds is 4. The summed E-state index contributed by atoms with van der Waals surface area (Å²) in [6.45, 7) is 3.98. The van der Waals surface area contributed by atoms with Crippen LogP contribution in [-0.4, -0.2) is 30.5 Å². The molecule has 0 bridgehead atoms. The molecule has 0 saturated carbocycles. The highest BCUT2D eigenvalue weighted by Gasteiger charge is 2.14. The zero-order valence-electron chi connectivity index (χ0n) is 11.3. The van der Waals surface area contributed by atoms with Gasteiger partial charge in [0.05, 0.1) is 5.69 Å². The third-order valence-corrected chi connectivity index (χ3v) is 2.82. The summed E-state index contributed by atoms with van der Waals surface area (Å²) >= 11 is 0. The van der Waals surface area contributed by atoms with Gasteiger partial charge in [-0.05, 0) is 31.5 Å². The maximum atomic E-state index is 5.22. The van der Waals surface area contributed by atoms with Gasteiger partial charge in [-0.3, -0.25) is 5.10 Å². The van der Waals surface area contributed by atoms with Gasteiger partial charge >= 0.3 is 0 Å². The summed E-state index contributed by atoms with van der Waals surface area (Å²) in [5.74, 6) is 0.786. The van der Waals surface area contributed by atoms with Gasteiger partial charge in [-0.15, -0.1) is 5.10 Å². The van der Waals surface area contributed by atoms with E-state index >= 15 is 0 Å². The van der Waals surface area contributed by atoms with Gasteiger partial charge in [0.1, 0.15) is 5.69 Å². The summed E-state index contributed by atoms with van der Waals surface area (Å²) in [6.07, 6.45) is 1.99. The van der Waals surface area contributed by atoms with Crippen LogP contribution in [-0.2, 0) is 6.42 Å². The second-order valence-corrected chi connectivity index (χ2v) is 4.51. The van der Waals surface area contributed by atoms with Gasteiger partial charge in [0.2, 0.25) is 5.82 Å². The number of aromatic nitrogens is 6. The minimum atomic E-state index is 0.376. The molecule has 0 fully saturated rings. The molecular weight excluding hydrogens is 256 g/mol. The van der Waals surface area contributed by atoms with E-state index in [0.29, 0.717) is 23.1 Å². The largest absolute Gasteiger partial charge is 0.332 e. The molecule has 0 aliphatic rings. The first-order valence-electron chi connectivity index (χ1n) is 6.45. The fraction of sp³-hybridized carbons (Fsp3) is 0.308. The number of H-pyrrole nitrogens is 1. The molecule has 0 aliphatic carbocycles. The molecular formula is C13H14N6O. The summed E-state index contributed by atoms with van der Waals surface area (Å²) in [7, 11) is 0. The fourth-order valence-electron chi connectivity index (χ4n) is 1.82. The lowest BCUT2D eigenvalue weighted by atomic mass is 10.2. The van der Waals surface area contributed by atoms with Crippen molar-refractivity contribution in [2.75, 3.05) is 0 Å². The first kappa shape index (κ1) is 12.5. The van der Waals surface area contributed by atoms with E-state index in [-0.39, 0.29) is 0 Å². The summed E-state index contributed by atoms with van der Waals surface area (Å²) < 4.78 is 5.22. The monoisotopic (exact) mass is 270 g/mol. The van der Waals surface area contributed by atoms with Crippen molar-refractivity contribution in [2.24, 2.45) is 0 Å². The van der Waals surface area contributed by atoms with E-state index in [0.717, 1.165) is 24.2 Å². The molecule has 3 rings (SSSR count). The van der Waals surface area contributed by atoms with E-state index in [1.807, 2.05) is 25.1 Å². The van der Waals surface area contributed by atoms with Gasteiger partial charge in [-0.25, -0.2) is 0 Å². The molecule has 7 nitrogen and oxygen atoms in total. The van der Waals surface area contributed by atoms with Gasteiger partial charge in [0.15, 0.2) is 5.69 Å². The Balaban J connectivity index is 1.87. The van der Waals surface area contributed by atoms with Crippen molar-refractivity contribution in [1.29, 1.82) is 0 Å². The first-order chi connectivity index (χ1) is 9.76. The normalized spacial score (nSPS) is 10.9. The van der Waals surface area contributed by atoms with E-state index < -0.39 is 0 Å². The Morgan fingerprint density at radius 1 is 1.20 bits per heavy atom. The number of aromatic amines is 1. The Morgan fingerprint density at radius 2 is 2.10 bits per heavy atom. The van der Waals surface area contributed by atoms with Crippen molar-refractivity contribution in [3.63, 3.8) is 0 Å². The number of hydrogen-bond acceptors (Lipinski definition) is 6. The van der Waals surface area contributed by atoms with Crippen LogP contribution in [0.2, 0.25) is 0 Å². The zero-order chi connectivity index (χ0) is 13.9. The predicted molar refractivity (Wildman–Crippen MR) is 71.6 cm³/mol. The first-order valence-corrected chi connectivity index (χ1v) is 6.45. The highest BCUT2D eigenvalue weighted by atomic mass is 16.5. The lowest BCUT2D eigenvalue weighted by Crippen LogP contribution is -1.90. The smallest absolute Gasteiger partial charge is 0.278 e. The molecule has 0 saturated heterocycles. The van der Waals surface area contributed by atoms with Crippen LogP contribution in [0.3, 0.4) is 0 Å². The van der Waals surface area contributed by atoms with E-state index in [1.165, 1.54) is 0 Å². The Kier molecular flexibility index (Phi) is 3.24. The minimum Gasteiger partial charge on any atom is -0.332 e. The Bertz CT molecular complexity index is 700. The second-order valence-electron chi connectivity index (χ2n) is 4.51. The maximum Gasteiger partial charge on any atom is 0.278 e. The molecule has 0 aromatic carbocycles. The number of nitrogens with one attached hydrogen (secondary N) is 1. The lowest BCUT2D eigenvalue weighted by molar-refractivity contribution is 0.430. The summed E-state index contributed by atoms with van der Waals surface area (Å²) in [5.41, 5.74) is 3.12. The molecule has 3 aromatic heterocycles. The van der Waals surface area contributed by atoms with Crippen molar-refractivity contribution in [3.05, 3.63) is 29.6 Å². The third kappa shape index (κ3) is 2.42. The predicted octanol–water partition coefficient (Wildman–Crippen LogP) is 2.18. The van der Waals surface area contributed by atoms with Crippen LogP contribution in [0.15, 0.2) is 22.7 Å². The van der Waals surface area contributed by atoms with E-state index in [2.05, 4.69) is 37.5 Å². The molecule has 0 atom stereocenters. The highest BCUT2D eigenvalue weighted by Crippen LogP contribution is 2.20. The molecule has 3 heterocycles. The maximum absolute atomic E-state index is 5.22. The van der Waals surface area contributed by atoms with Crippen molar-refractivity contribution < 1.29 is 4.52 Å². The molecule has 20 heavy (non-hydrogen) atoms. The number of nitrogens with zero attached hydrogens (tertiary/aromatic N) is 5. The third-order valence-electron chi connectivity index (χ3n) is 2.82. The fourth-order valence-corrected chi connectivity index (χ4v) is 1.82. The quantitative estimate of drug-likeness (QED) is 0.781. The van der Waals surface area contributed by atoms with Crippen molar-refractivity contribution >= 4 is 0 Å². The van der Waals surface area contributed by atoms with Gasteiger partial charge < -0.3 is 4.52 Å². The summed E-state index contributed by atoms with van der Waals surface area (Å²) in [5, 5.41) is 19.0. The Hall–Kier alpha value is -2.57. The molecule has 1 N–H and O–H groups in total. The standard InChI is InChI=1S/C13H14N6O/c1-3-4-9-7-11(18-16-9)13-14-12(19-20-13)10-6-5-8(2)15-17-10/h5-7H,3-4H2,1-2H3,(H,16,18). The van der Waals surface area contributed by atoms with Crippen LogP contribution in [0.5, 0.6) is 0 Å². The average Bonchev–Trinajstić information content (AvgIpc) is 3.08. The summed E-state index contributed by atoms with van der Waals surface area (Å²) in [4.78, 5) is 4.29.